The molecule has 0 fully saturated rings. The number of anilines is 1. The summed E-state index contributed by atoms with van der Waals surface area (Å²) in [6.07, 6.45) is 0.935. The van der Waals surface area contributed by atoms with Gasteiger partial charge in [-0.05, 0) is 47.5 Å². The van der Waals surface area contributed by atoms with E-state index in [-0.39, 0.29) is 5.91 Å². The molecule has 3 aromatic rings. The van der Waals surface area contributed by atoms with Crippen LogP contribution in [0, 0.1) is 6.92 Å². The maximum Gasteiger partial charge on any atom is 0.265 e. The van der Waals surface area contributed by atoms with Gasteiger partial charge in [0.15, 0.2) is 5.82 Å². The highest BCUT2D eigenvalue weighted by Crippen LogP contribution is 2.24. The van der Waals surface area contributed by atoms with Crippen LogP contribution in [0.4, 0.5) is 5.69 Å². The van der Waals surface area contributed by atoms with Gasteiger partial charge >= 0.3 is 0 Å². The lowest BCUT2D eigenvalue weighted by molar-refractivity contribution is 0.103. The number of tetrazole rings is 1. The van der Waals surface area contributed by atoms with Gasteiger partial charge < -0.3 is 5.32 Å². The first-order valence-corrected chi connectivity index (χ1v) is 8.13. The predicted molar refractivity (Wildman–Crippen MR) is 90.6 cm³/mol. The summed E-state index contributed by atoms with van der Waals surface area (Å²) >= 11 is 1.52. The molecule has 23 heavy (non-hydrogen) atoms. The summed E-state index contributed by atoms with van der Waals surface area (Å²) in [5.74, 6) is 0.562. The highest BCUT2D eigenvalue weighted by atomic mass is 32.1. The van der Waals surface area contributed by atoms with Crippen molar-refractivity contribution in [2.24, 2.45) is 7.05 Å². The Morgan fingerprint density at radius 3 is 2.83 bits per heavy atom. The second kappa shape index (κ2) is 6.29. The van der Waals surface area contributed by atoms with Crippen molar-refractivity contribution in [2.45, 2.75) is 20.3 Å². The maximum atomic E-state index is 12.4. The number of hydrogen-bond donors (Lipinski definition) is 1. The third-order valence-corrected chi connectivity index (χ3v) is 4.72. The lowest BCUT2D eigenvalue weighted by Gasteiger charge is -2.05. The van der Waals surface area contributed by atoms with Gasteiger partial charge in [-0.1, -0.05) is 19.1 Å². The van der Waals surface area contributed by atoms with E-state index in [2.05, 4.69) is 27.8 Å². The zero-order chi connectivity index (χ0) is 16.4. The summed E-state index contributed by atoms with van der Waals surface area (Å²) in [5, 5.41) is 14.4. The summed E-state index contributed by atoms with van der Waals surface area (Å²) in [4.78, 5) is 14.3. The molecule has 0 aliphatic heterocycles. The topological polar surface area (TPSA) is 72.7 Å². The van der Waals surface area contributed by atoms with Crippen LogP contribution in [0.2, 0.25) is 0 Å². The minimum absolute atomic E-state index is 0.0916. The SMILES string of the molecule is CCc1cc(C(=O)Nc2cccc(-c3nnnn3C)c2)sc1C. The molecule has 1 aromatic carbocycles. The first kappa shape index (κ1) is 15.4. The number of rotatable bonds is 4. The highest BCUT2D eigenvalue weighted by molar-refractivity contribution is 7.14. The molecule has 0 radical (unpaired) electrons. The monoisotopic (exact) mass is 327 g/mol. The van der Waals surface area contributed by atoms with Crippen molar-refractivity contribution in [3.8, 4) is 11.4 Å². The number of amides is 1. The number of aromatic nitrogens is 4. The molecule has 0 aliphatic carbocycles. The lowest BCUT2D eigenvalue weighted by atomic mass is 10.2. The molecule has 2 heterocycles. The van der Waals surface area contributed by atoms with E-state index in [0.717, 1.165) is 22.5 Å². The van der Waals surface area contributed by atoms with Crippen LogP contribution >= 0.6 is 11.3 Å². The van der Waals surface area contributed by atoms with E-state index in [1.165, 1.54) is 21.8 Å². The molecule has 0 aliphatic rings. The van der Waals surface area contributed by atoms with Crippen molar-refractivity contribution in [1.82, 2.24) is 20.2 Å². The summed E-state index contributed by atoms with van der Waals surface area (Å²) < 4.78 is 1.59. The quantitative estimate of drug-likeness (QED) is 0.799. The fraction of sp³-hybridized carbons (Fsp3) is 0.250. The third-order valence-electron chi connectivity index (χ3n) is 3.62. The fourth-order valence-corrected chi connectivity index (χ4v) is 3.39. The first-order valence-electron chi connectivity index (χ1n) is 7.32. The number of carbonyl (C=O) groups excluding carboxylic acids is 1. The standard InChI is InChI=1S/C16H17N5OS/c1-4-11-9-14(23-10(11)2)16(22)17-13-7-5-6-12(8-13)15-18-19-20-21(15)3/h5-9H,4H2,1-3H3,(H,17,22). The van der Waals surface area contributed by atoms with Gasteiger partial charge in [0.25, 0.3) is 5.91 Å². The Morgan fingerprint density at radius 2 is 2.17 bits per heavy atom. The molecule has 0 saturated heterocycles. The minimum Gasteiger partial charge on any atom is -0.321 e. The van der Waals surface area contributed by atoms with Crippen LogP contribution in [0.25, 0.3) is 11.4 Å². The summed E-state index contributed by atoms with van der Waals surface area (Å²) in [6.45, 7) is 4.14. The summed E-state index contributed by atoms with van der Waals surface area (Å²) in [7, 11) is 1.78. The first-order chi connectivity index (χ1) is 11.1. The van der Waals surface area contributed by atoms with Crippen molar-refractivity contribution < 1.29 is 4.79 Å². The number of hydrogen-bond acceptors (Lipinski definition) is 5. The normalized spacial score (nSPS) is 10.7. The maximum absolute atomic E-state index is 12.4. The van der Waals surface area contributed by atoms with Gasteiger partial charge in [-0.25, -0.2) is 4.68 Å². The number of nitrogens with zero attached hydrogens (tertiary/aromatic N) is 4. The highest BCUT2D eigenvalue weighted by Gasteiger charge is 2.13. The molecular weight excluding hydrogens is 310 g/mol. The van der Waals surface area contributed by atoms with Crippen LogP contribution in [0.5, 0.6) is 0 Å². The molecule has 3 rings (SSSR count). The van der Waals surface area contributed by atoms with Crippen LogP contribution in [0.15, 0.2) is 30.3 Å². The Kier molecular flexibility index (Phi) is 4.20. The van der Waals surface area contributed by atoms with Gasteiger partial charge in [0.2, 0.25) is 0 Å². The van der Waals surface area contributed by atoms with Crippen molar-refractivity contribution in [2.75, 3.05) is 5.32 Å². The van der Waals surface area contributed by atoms with Crippen molar-refractivity contribution in [3.05, 3.63) is 45.6 Å². The van der Waals surface area contributed by atoms with Crippen LogP contribution < -0.4 is 5.32 Å². The number of benzene rings is 1. The smallest absolute Gasteiger partial charge is 0.265 e. The number of nitrogens with one attached hydrogen (secondary N) is 1. The molecule has 0 saturated carbocycles. The van der Waals surface area contributed by atoms with Crippen LogP contribution in [-0.4, -0.2) is 26.1 Å². The molecule has 6 nitrogen and oxygen atoms in total. The fourth-order valence-electron chi connectivity index (χ4n) is 2.39. The Morgan fingerprint density at radius 1 is 1.35 bits per heavy atom. The van der Waals surface area contributed by atoms with Gasteiger partial charge in [0.1, 0.15) is 0 Å². The van der Waals surface area contributed by atoms with Crippen molar-refractivity contribution in [3.63, 3.8) is 0 Å². The number of thiophene rings is 1. The Bertz CT molecular complexity index is 852. The van der Waals surface area contributed by atoms with Crippen molar-refractivity contribution in [1.29, 1.82) is 0 Å². The van der Waals surface area contributed by atoms with E-state index in [1.54, 1.807) is 11.7 Å². The largest absolute Gasteiger partial charge is 0.321 e. The lowest BCUT2D eigenvalue weighted by Crippen LogP contribution is -2.10. The van der Waals surface area contributed by atoms with E-state index in [9.17, 15) is 4.79 Å². The molecule has 2 aromatic heterocycles. The van der Waals surface area contributed by atoms with E-state index < -0.39 is 0 Å². The Labute approximate surface area is 138 Å². The minimum atomic E-state index is -0.0916. The Hall–Kier alpha value is -2.54. The zero-order valence-electron chi connectivity index (χ0n) is 13.2. The van der Waals surface area contributed by atoms with Crippen molar-refractivity contribution >= 4 is 22.9 Å². The number of carbonyl (C=O) groups is 1. The average molecular weight is 327 g/mol. The van der Waals surface area contributed by atoms with Crippen LogP contribution in [-0.2, 0) is 13.5 Å². The summed E-state index contributed by atoms with van der Waals surface area (Å²) in [6, 6.07) is 9.46. The zero-order valence-corrected chi connectivity index (χ0v) is 14.0. The van der Waals surface area contributed by atoms with E-state index >= 15 is 0 Å². The molecule has 118 valence electrons. The molecule has 1 amide bonds. The second-order valence-electron chi connectivity index (χ2n) is 5.21. The Balaban J connectivity index is 1.82. The average Bonchev–Trinajstić information content (AvgIpc) is 3.13. The molecule has 7 heteroatoms. The third kappa shape index (κ3) is 3.14. The summed E-state index contributed by atoms with van der Waals surface area (Å²) in [5.41, 5.74) is 2.80. The van der Waals surface area contributed by atoms with E-state index in [4.69, 9.17) is 0 Å². The van der Waals surface area contributed by atoms with Gasteiger partial charge in [0, 0.05) is 23.2 Å². The molecule has 0 spiro atoms. The van der Waals surface area contributed by atoms with E-state index in [1.807, 2.05) is 37.3 Å². The van der Waals surface area contributed by atoms with Crippen LogP contribution in [0.1, 0.15) is 27.0 Å². The van der Waals surface area contributed by atoms with Gasteiger partial charge in [0.05, 0.1) is 4.88 Å². The molecular formula is C16H17N5OS. The second-order valence-corrected chi connectivity index (χ2v) is 6.46. The van der Waals surface area contributed by atoms with Gasteiger partial charge in [-0.2, -0.15) is 0 Å². The molecule has 0 unspecified atom stereocenters. The van der Waals surface area contributed by atoms with Gasteiger partial charge in [-0.3, -0.25) is 4.79 Å². The molecule has 0 bridgehead atoms. The number of aryl methyl sites for hydroxylation is 3. The molecule has 1 N–H and O–H groups in total. The van der Waals surface area contributed by atoms with E-state index in [0.29, 0.717) is 5.82 Å². The van der Waals surface area contributed by atoms with Crippen LogP contribution in [0.3, 0.4) is 0 Å². The van der Waals surface area contributed by atoms with Gasteiger partial charge in [-0.15, -0.1) is 16.4 Å². The predicted octanol–water partition coefficient (Wildman–Crippen LogP) is 3.06. The molecule has 0 atom stereocenters.